The molecule has 15 heavy (non-hydrogen) atoms. The van der Waals surface area contributed by atoms with Crippen LogP contribution in [0.5, 0.6) is 0 Å². The Bertz CT molecular complexity index is 254. The third kappa shape index (κ3) is 2.62. The Hall–Kier alpha value is -0.780. The van der Waals surface area contributed by atoms with Gasteiger partial charge in [0.1, 0.15) is 5.54 Å². The molecule has 2 atom stereocenters. The van der Waals surface area contributed by atoms with Crippen molar-refractivity contribution in [2.45, 2.75) is 37.4 Å². The van der Waals surface area contributed by atoms with Crippen LogP contribution >= 0.6 is 0 Å². The molecule has 0 aromatic carbocycles. The van der Waals surface area contributed by atoms with Gasteiger partial charge in [-0.05, 0) is 19.3 Å². The molecule has 0 unspecified atom stereocenters. The predicted octanol–water partition coefficient (Wildman–Crippen LogP) is 1.61. The Morgan fingerprint density at radius 2 is 2.13 bits per heavy atom. The zero-order valence-electron chi connectivity index (χ0n) is 8.43. The van der Waals surface area contributed by atoms with Crippen LogP contribution in [0.15, 0.2) is 0 Å². The minimum absolute atomic E-state index is 0.0411. The number of methoxy groups -OCH3 is 1. The molecule has 0 bridgehead atoms. The Balaban J connectivity index is 2.75. The van der Waals surface area contributed by atoms with Crippen molar-refractivity contribution >= 4 is 5.97 Å². The van der Waals surface area contributed by atoms with Gasteiger partial charge in [0.05, 0.1) is 13.0 Å². The number of hydrogen-bond acceptors (Lipinski definition) is 3. The number of carbonyl (C=O) groups is 1. The first-order valence-electron chi connectivity index (χ1n) is 4.73. The summed E-state index contributed by atoms with van der Waals surface area (Å²) in [5.74, 6) is -2.24. The van der Waals surface area contributed by atoms with Gasteiger partial charge in [0.25, 0.3) is 0 Å². The van der Waals surface area contributed by atoms with E-state index in [1.807, 2.05) is 0 Å². The van der Waals surface area contributed by atoms with E-state index < -0.39 is 23.6 Å². The molecule has 0 aromatic heterocycles. The van der Waals surface area contributed by atoms with Crippen LogP contribution in [-0.2, 0) is 9.53 Å². The largest absolute Gasteiger partial charge is 0.468 e. The standard InChI is InChI=1S/C9H14F3NO2/c1-15-7(14)8(13)4-2-3-6(5-8)9(10,11)12/h6H,2-5,13H2,1H3/t6-,8+/m0/s1. The molecule has 0 saturated heterocycles. The van der Waals surface area contributed by atoms with E-state index in [0.29, 0.717) is 6.42 Å². The van der Waals surface area contributed by atoms with Gasteiger partial charge in [-0.25, -0.2) is 0 Å². The van der Waals surface area contributed by atoms with Gasteiger partial charge < -0.3 is 10.5 Å². The second-order valence-corrected chi connectivity index (χ2v) is 3.98. The minimum atomic E-state index is -4.28. The zero-order valence-corrected chi connectivity index (χ0v) is 8.43. The fraction of sp³-hybridized carbons (Fsp3) is 0.889. The molecule has 1 fully saturated rings. The summed E-state index contributed by atoms with van der Waals surface area (Å²) >= 11 is 0. The van der Waals surface area contributed by atoms with Crippen molar-refractivity contribution in [2.75, 3.05) is 7.11 Å². The highest BCUT2D eigenvalue weighted by Crippen LogP contribution is 2.41. The number of halogens is 3. The normalized spacial score (nSPS) is 32.5. The molecule has 0 aliphatic heterocycles. The summed E-state index contributed by atoms with van der Waals surface area (Å²) < 4.78 is 41.8. The maximum absolute atomic E-state index is 12.4. The molecule has 6 heteroatoms. The van der Waals surface area contributed by atoms with Crippen molar-refractivity contribution in [3.8, 4) is 0 Å². The van der Waals surface area contributed by atoms with Gasteiger partial charge in [-0.3, -0.25) is 4.79 Å². The van der Waals surface area contributed by atoms with E-state index in [1.54, 1.807) is 0 Å². The van der Waals surface area contributed by atoms with Gasteiger partial charge in [0.2, 0.25) is 0 Å². The highest BCUT2D eigenvalue weighted by atomic mass is 19.4. The van der Waals surface area contributed by atoms with Crippen molar-refractivity contribution in [2.24, 2.45) is 11.7 Å². The summed E-state index contributed by atoms with van der Waals surface area (Å²) in [7, 11) is 1.13. The maximum atomic E-state index is 12.4. The van der Waals surface area contributed by atoms with E-state index in [0.717, 1.165) is 7.11 Å². The van der Waals surface area contributed by atoms with E-state index >= 15 is 0 Å². The summed E-state index contributed by atoms with van der Waals surface area (Å²) in [4.78, 5) is 11.2. The monoisotopic (exact) mass is 225 g/mol. The third-order valence-electron chi connectivity index (χ3n) is 2.84. The molecule has 88 valence electrons. The Labute approximate surface area is 85.8 Å². The molecule has 1 aliphatic rings. The molecule has 0 radical (unpaired) electrons. The van der Waals surface area contributed by atoms with E-state index in [1.165, 1.54) is 0 Å². The van der Waals surface area contributed by atoms with Crippen molar-refractivity contribution in [3.05, 3.63) is 0 Å². The second kappa shape index (κ2) is 4.00. The van der Waals surface area contributed by atoms with E-state index in [9.17, 15) is 18.0 Å². The lowest BCUT2D eigenvalue weighted by Gasteiger charge is -2.36. The zero-order chi connectivity index (χ0) is 11.7. The fourth-order valence-electron chi connectivity index (χ4n) is 1.98. The van der Waals surface area contributed by atoms with Gasteiger partial charge in [0.15, 0.2) is 0 Å². The average Bonchev–Trinajstić information content (AvgIpc) is 2.15. The smallest absolute Gasteiger partial charge is 0.391 e. The number of esters is 1. The number of hydrogen-bond donors (Lipinski definition) is 1. The van der Waals surface area contributed by atoms with Crippen LogP contribution in [0.2, 0.25) is 0 Å². The van der Waals surface area contributed by atoms with Crippen LogP contribution in [-0.4, -0.2) is 24.8 Å². The molecule has 2 N–H and O–H groups in total. The van der Waals surface area contributed by atoms with Gasteiger partial charge in [-0.1, -0.05) is 6.42 Å². The third-order valence-corrected chi connectivity index (χ3v) is 2.84. The van der Waals surface area contributed by atoms with Gasteiger partial charge in [0, 0.05) is 0 Å². The van der Waals surface area contributed by atoms with Crippen molar-refractivity contribution in [1.29, 1.82) is 0 Å². The molecule has 1 rings (SSSR count). The highest BCUT2D eigenvalue weighted by molar-refractivity contribution is 5.80. The van der Waals surface area contributed by atoms with Crippen LogP contribution in [0.3, 0.4) is 0 Å². The van der Waals surface area contributed by atoms with E-state index in [-0.39, 0.29) is 19.3 Å². The number of rotatable bonds is 1. The summed E-state index contributed by atoms with van der Waals surface area (Å²) in [5, 5.41) is 0. The number of carbonyl (C=O) groups excluding carboxylic acids is 1. The Morgan fingerprint density at radius 3 is 2.60 bits per heavy atom. The first-order chi connectivity index (χ1) is 6.79. The Morgan fingerprint density at radius 1 is 1.53 bits per heavy atom. The molecule has 0 spiro atoms. The predicted molar refractivity (Wildman–Crippen MR) is 46.9 cm³/mol. The molecular formula is C9H14F3NO2. The fourth-order valence-corrected chi connectivity index (χ4v) is 1.98. The lowest BCUT2D eigenvalue weighted by molar-refractivity contribution is -0.190. The minimum Gasteiger partial charge on any atom is -0.468 e. The molecule has 0 aromatic rings. The lowest BCUT2D eigenvalue weighted by Crippen LogP contribution is -2.53. The van der Waals surface area contributed by atoms with Gasteiger partial charge in [-0.2, -0.15) is 13.2 Å². The maximum Gasteiger partial charge on any atom is 0.391 e. The summed E-state index contributed by atoms with van der Waals surface area (Å²) in [6.07, 6.45) is -4.05. The molecular weight excluding hydrogens is 211 g/mol. The quantitative estimate of drug-likeness (QED) is 0.690. The van der Waals surface area contributed by atoms with Crippen LogP contribution in [0.25, 0.3) is 0 Å². The highest BCUT2D eigenvalue weighted by Gasteiger charge is 2.49. The van der Waals surface area contributed by atoms with Gasteiger partial charge >= 0.3 is 12.1 Å². The van der Waals surface area contributed by atoms with Crippen molar-refractivity contribution in [1.82, 2.24) is 0 Å². The van der Waals surface area contributed by atoms with Crippen molar-refractivity contribution < 1.29 is 22.7 Å². The van der Waals surface area contributed by atoms with Crippen LogP contribution in [0.4, 0.5) is 13.2 Å². The SMILES string of the molecule is COC(=O)[C@@]1(N)CCC[C@H](C(F)(F)F)C1. The molecule has 3 nitrogen and oxygen atoms in total. The summed E-state index contributed by atoms with van der Waals surface area (Å²) in [6, 6.07) is 0. The first-order valence-corrected chi connectivity index (χ1v) is 4.73. The molecule has 0 amide bonds. The molecule has 1 aliphatic carbocycles. The first kappa shape index (κ1) is 12.3. The van der Waals surface area contributed by atoms with E-state index in [2.05, 4.69) is 4.74 Å². The number of ether oxygens (including phenoxy) is 1. The van der Waals surface area contributed by atoms with E-state index in [4.69, 9.17) is 5.73 Å². The van der Waals surface area contributed by atoms with Crippen LogP contribution in [0.1, 0.15) is 25.7 Å². The number of nitrogens with two attached hydrogens (primary N) is 1. The average molecular weight is 225 g/mol. The van der Waals surface area contributed by atoms with Gasteiger partial charge in [-0.15, -0.1) is 0 Å². The topological polar surface area (TPSA) is 52.3 Å². The van der Waals surface area contributed by atoms with Crippen LogP contribution in [0, 0.1) is 5.92 Å². The summed E-state index contributed by atoms with van der Waals surface area (Å²) in [5.41, 5.74) is 4.16. The summed E-state index contributed by atoms with van der Waals surface area (Å²) in [6.45, 7) is 0. The lowest BCUT2D eigenvalue weighted by atomic mass is 9.76. The number of alkyl halides is 3. The Kier molecular flexibility index (Phi) is 3.28. The van der Waals surface area contributed by atoms with Crippen molar-refractivity contribution in [3.63, 3.8) is 0 Å². The van der Waals surface area contributed by atoms with Crippen LogP contribution < -0.4 is 5.73 Å². The molecule has 1 saturated carbocycles. The molecule has 0 heterocycles. The second-order valence-electron chi connectivity index (χ2n) is 3.98.